The van der Waals surface area contributed by atoms with Crippen molar-refractivity contribution in [3.8, 4) is 0 Å². The predicted molar refractivity (Wildman–Crippen MR) is 63.1 cm³/mol. The topological polar surface area (TPSA) is 50.7 Å². The standard InChI is InChI=1S/C12H14N4/c1-9-4-3-5-11(15-9)8-14-12-6-7-13-10(2)16-12/h3-7H,8H2,1-2H3,(H,13,14,16). The lowest BCUT2D eigenvalue weighted by Crippen LogP contribution is -2.04. The Hall–Kier alpha value is -1.97. The molecule has 82 valence electrons. The molecule has 2 heterocycles. The molecule has 0 aromatic carbocycles. The zero-order valence-electron chi connectivity index (χ0n) is 9.44. The summed E-state index contributed by atoms with van der Waals surface area (Å²) in [6.45, 7) is 4.53. The van der Waals surface area contributed by atoms with Crippen molar-refractivity contribution in [3.63, 3.8) is 0 Å². The first-order valence-corrected chi connectivity index (χ1v) is 5.20. The second-order valence-corrected chi connectivity index (χ2v) is 3.61. The van der Waals surface area contributed by atoms with Crippen LogP contribution in [0.1, 0.15) is 17.2 Å². The minimum absolute atomic E-state index is 0.679. The van der Waals surface area contributed by atoms with Crippen molar-refractivity contribution in [2.75, 3.05) is 5.32 Å². The second kappa shape index (κ2) is 4.70. The Morgan fingerprint density at radius 1 is 1.12 bits per heavy atom. The Balaban J connectivity index is 2.02. The number of hydrogen-bond donors (Lipinski definition) is 1. The number of nitrogens with zero attached hydrogens (tertiary/aromatic N) is 3. The van der Waals surface area contributed by atoms with E-state index in [1.165, 1.54) is 0 Å². The largest absolute Gasteiger partial charge is 0.364 e. The maximum absolute atomic E-state index is 4.40. The van der Waals surface area contributed by atoms with Gasteiger partial charge >= 0.3 is 0 Å². The third-order valence-electron chi connectivity index (χ3n) is 2.17. The van der Waals surface area contributed by atoms with Crippen LogP contribution in [0.5, 0.6) is 0 Å². The van der Waals surface area contributed by atoms with Crippen LogP contribution in [0.25, 0.3) is 0 Å². The Morgan fingerprint density at radius 3 is 2.75 bits per heavy atom. The van der Waals surface area contributed by atoms with Crippen LogP contribution in [0.2, 0.25) is 0 Å². The maximum Gasteiger partial charge on any atom is 0.129 e. The predicted octanol–water partition coefficient (Wildman–Crippen LogP) is 2.10. The van der Waals surface area contributed by atoms with E-state index in [1.54, 1.807) is 6.20 Å². The van der Waals surface area contributed by atoms with Gasteiger partial charge in [0, 0.05) is 11.9 Å². The highest BCUT2D eigenvalue weighted by atomic mass is 15.0. The second-order valence-electron chi connectivity index (χ2n) is 3.61. The lowest BCUT2D eigenvalue weighted by atomic mass is 10.3. The van der Waals surface area contributed by atoms with E-state index >= 15 is 0 Å². The van der Waals surface area contributed by atoms with Crippen molar-refractivity contribution in [1.29, 1.82) is 0 Å². The lowest BCUT2D eigenvalue weighted by Gasteiger charge is -2.05. The number of rotatable bonds is 3. The monoisotopic (exact) mass is 214 g/mol. The van der Waals surface area contributed by atoms with Gasteiger partial charge in [-0.25, -0.2) is 9.97 Å². The molecule has 0 saturated heterocycles. The van der Waals surface area contributed by atoms with E-state index in [-0.39, 0.29) is 0 Å². The minimum Gasteiger partial charge on any atom is -0.364 e. The molecule has 2 aromatic heterocycles. The number of hydrogen-bond acceptors (Lipinski definition) is 4. The Morgan fingerprint density at radius 2 is 2.00 bits per heavy atom. The first-order chi connectivity index (χ1) is 7.74. The number of nitrogens with one attached hydrogen (secondary N) is 1. The molecule has 0 saturated carbocycles. The summed E-state index contributed by atoms with van der Waals surface area (Å²) in [6.07, 6.45) is 1.74. The van der Waals surface area contributed by atoms with Crippen LogP contribution in [0.4, 0.5) is 5.82 Å². The Labute approximate surface area is 94.8 Å². The fourth-order valence-corrected chi connectivity index (χ4v) is 1.43. The van der Waals surface area contributed by atoms with E-state index in [0.717, 1.165) is 23.0 Å². The molecule has 1 N–H and O–H groups in total. The summed E-state index contributed by atoms with van der Waals surface area (Å²) >= 11 is 0. The molecule has 0 fully saturated rings. The molecule has 0 spiro atoms. The van der Waals surface area contributed by atoms with Gasteiger partial charge < -0.3 is 5.32 Å². The molecule has 0 unspecified atom stereocenters. The van der Waals surface area contributed by atoms with Crippen LogP contribution in [0.3, 0.4) is 0 Å². The summed E-state index contributed by atoms with van der Waals surface area (Å²) in [5, 5.41) is 3.22. The van der Waals surface area contributed by atoms with Gasteiger partial charge in [-0.1, -0.05) is 6.07 Å². The zero-order valence-corrected chi connectivity index (χ0v) is 9.44. The summed E-state index contributed by atoms with van der Waals surface area (Å²) in [5.74, 6) is 1.60. The van der Waals surface area contributed by atoms with Crippen molar-refractivity contribution in [1.82, 2.24) is 15.0 Å². The molecule has 0 aliphatic heterocycles. The van der Waals surface area contributed by atoms with Gasteiger partial charge in [0.05, 0.1) is 12.2 Å². The number of aryl methyl sites for hydroxylation is 2. The zero-order chi connectivity index (χ0) is 11.4. The smallest absolute Gasteiger partial charge is 0.129 e. The van der Waals surface area contributed by atoms with E-state index in [1.807, 2.05) is 38.1 Å². The molecule has 0 bridgehead atoms. The molecule has 2 rings (SSSR count). The Bertz CT molecular complexity index is 436. The fourth-order valence-electron chi connectivity index (χ4n) is 1.43. The molecule has 0 radical (unpaired) electrons. The maximum atomic E-state index is 4.40. The third-order valence-corrected chi connectivity index (χ3v) is 2.17. The van der Waals surface area contributed by atoms with Gasteiger partial charge in [-0.2, -0.15) is 0 Å². The average Bonchev–Trinajstić information content (AvgIpc) is 2.27. The van der Waals surface area contributed by atoms with Gasteiger partial charge in [-0.15, -0.1) is 0 Å². The van der Waals surface area contributed by atoms with Crippen LogP contribution < -0.4 is 5.32 Å². The summed E-state index contributed by atoms with van der Waals surface area (Å²) in [4.78, 5) is 12.7. The molecule has 4 heteroatoms. The van der Waals surface area contributed by atoms with Crippen LogP contribution in [0.15, 0.2) is 30.5 Å². The van der Waals surface area contributed by atoms with Crippen LogP contribution in [0, 0.1) is 13.8 Å². The highest BCUT2D eigenvalue weighted by molar-refractivity contribution is 5.33. The lowest BCUT2D eigenvalue weighted by molar-refractivity contribution is 0.981. The van der Waals surface area contributed by atoms with E-state index in [0.29, 0.717) is 6.54 Å². The van der Waals surface area contributed by atoms with Crippen molar-refractivity contribution in [2.24, 2.45) is 0 Å². The number of anilines is 1. The number of aromatic nitrogens is 3. The van der Waals surface area contributed by atoms with Gasteiger partial charge in [0.15, 0.2) is 0 Å². The van der Waals surface area contributed by atoms with Crippen LogP contribution >= 0.6 is 0 Å². The van der Waals surface area contributed by atoms with Gasteiger partial charge in [0.2, 0.25) is 0 Å². The van der Waals surface area contributed by atoms with Crippen LogP contribution in [-0.2, 0) is 6.54 Å². The van der Waals surface area contributed by atoms with Crippen molar-refractivity contribution < 1.29 is 0 Å². The highest BCUT2D eigenvalue weighted by Gasteiger charge is 1.97. The molecule has 0 amide bonds. The van der Waals surface area contributed by atoms with Gasteiger partial charge in [-0.05, 0) is 32.0 Å². The summed E-state index contributed by atoms with van der Waals surface area (Å²) in [7, 11) is 0. The van der Waals surface area contributed by atoms with Crippen molar-refractivity contribution in [2.45, 2.75) is 20.4 Å². The molecule has 2 aromatic rings. The molecule has 0 aliphatic rings. The minimum atomic E-state index is 0.679. The molecule has 4 nitrogen and oxygen atoms in total. The van der Waals surface area contributed by atoms with E-state index in [4.69, 9.17) is 0 Å². The molecule has 16 heavy (non-hydrogen) atoms. The van der Waals surface area contributed by atoms with Crippen molar-refractivity contribution >= 4 is 5.82 Å². The third kappa shape index (κ3) is 2.76. The van der Waals surface area contributed by atoms with Gasteiger partial charge in [0.1, 0.15) is 11.6 Å². The average molecular weight is 214 g/mol. The first-order valence-electron chi connectivity index (χ1n) is 5.20. The summed E-state index contributed by atoms with van der Waals surface area (Å²) in [6, 6.07) is 7.83. The molecular weight excluding hydrogens is 200 g/mol. The van der Waals surface area contributed by atoms with Crippen LogP contribution in [-0.4, -0.2) is 15.0 Å². The summed E-state index contributed by atoms with van der Waals surface area (Å²) in [5.41, 5.74) is 2.04. The van der Waals surface area contributed by atoms with E-state index in [2.05, 4.69) is 20.3 Å². The van der Waals surface area contributed by atoms with Crippen molar-refractivity contribution in [3.05, 3.63) is 47.7 Å². The van der Waals surface area contributed by atoms with Gasteiger partial charge in [-0.3, -0.25) is 4.98 Å². The summed E-state index contributed by atoms with van der Waals surface area (Å²) < 4.78 is 0. The number of pyridine rings is 1. The molecule has 0 aliphatic carbocycles. The SMILES string of the molecule is Cc1cccc(CNc2ccnc(C)n2)n1. The molecular formula is C12H14N4. The molecule has 0 atom stereocenters. The quantitative estimate of drug-likeness (QED) is 0.850. The highest BCUT2D eigenvalue weighted by Crippen LogP contribution is 2.04. The van der Waals surface area contributed by atoms with E-state index in [9.17, 15) is 0 Å². The Kier molecular flexibility index (Phi) is 3.10. The normalized spacial score (nSPS) is 10.1. The first kappa shape index (κ1) is 10.5. The fraction of sp³-hybridized carbons (Fsp3) is 0.250. The van der Waals surface area contributed by atoms with Gasteiger partial charge in [0.25, 0.3) is 0 Å². The van der Waals surface area contributed by atoms with E-state index < -0.39 is 0 Å².